The zero-order valence-electron chi connectivity index (χ0n) is 15.6. The van der Waals surface area contributed by atoms with E-state index in [0.29, 0.717) is 24.5 Å². The predicted octanol–water partition coefficient (Wildman–Crippen LogP) is 2.25. The van der Waals surface area contributed by atoms with Crippen molar-refractivity contribution in [3.8, 4) is 5.88 Å². The van der Waals surface area contributed by atoms with Crippen molar-refractivity contribution in [1.82, 2.24) is 20.2 Å². The van der Waals surface area contributed by atoms with E-state index in [2.05, 4.69) is 10.3 Å². The van der Waals surface area contributed by atoms with Gasteiger partial charge in [-0.25, -0.2) is 9.97 Å². The number of piperidine rings is 1. The van der Waals surface area contributed by atoms with Crippen LogP contribution in [0.1, 0.15) is 46.7 Å². The highest BCUT2D eigenvalue weighted by atomic mass is 32.1. The first-order chi connectivity index (χ1) is 13.1. The highest BCUT2D eigenvalue weighted by Crippen LogP contribution is 2.30. The first-order valence-corrected chi connectivity index (χ1v) is 9.93. The number of hydrogen-bond donors (Lipinski definition) is 1. The molecule has 1 N–H and O–H groups in total. The van der Waals surface area contributed by atoms with Crippen LogP contribution in [-0.4, -0.2) is 53.4 Å². The fourth-order valence-corrected chi connectivity index (χ4v) is 4.15. The summed E-state index contributed by atoms with van der Waals surface area (Å²) in [4.78, 5) is 34.5. The Labute approximate surface area is 162 Å². The number of pyridine rings is 1. The Kier molecular flexibility index (Phi) is 6.39. The van der Waals surface area contributed by atoms with Crippen molar-refractivity contribution in [1.29, 1.82) is 0 Å². The van der Waals surface area contributed by atoms with Crippen molar-refractivity contribution in [2.75, 3.05) is 26.7 Å². The van der Waals surface area contributed by atoms with Gasteiger partial charge in [-0.3, -0.25) is 9.59 Å². The standard InChI is InChI=1S/C19H24N4O3S/c1-13(24)20-8-7-16-12-27-18(22-16)15-4-3-9-23(11-15)19(25)14-5-6-17(26-2)21-10-14/h5-6,10,12,15H,3-4,7-9,11H2,1-2H3,(H,20,24). The van der Waals surface area contributed by atoms with Crippen molar-refractivity contribution in [3.05, 3.63) is 40.0 Å². The molecule has 0 saturated carbocycles. The van der Waals surface area contributed by atoms with Gasteiger partial charge in [0, 0.05) is 56.5 Å². The van der Waals surface area contributed by atoms with Gasteiger partial charge in [0.05, 0.1) is 23.4 Å². The van der Waals surface area contributed by atoms with E-state index < -0.39 is 0 Å². The van der Waals surface area contributed by atoms with Crippen LogP contribution >= 0.6 is 11.3 Å². The molecule has 27 heavy (non-hydrogen) atoms. The lowest BCUT2D eigenvalue weighted by molar-refractivity contribution is -0.118. The summed E-state index contributed by atoms with van der Waals surface area (Å²) in [5, 5.41) is 5.90. The lowest BCUT2D eigenvalue weighted by Crippen LogP contribution is -2.39. The molecular formula is C19H24N4O3S. The smallest absolute Gasteiger partial charge is 0.255 e. The summed E-state index contributed by atoms with van der Waals surface area (Å²) in [6, 6.07) is 3.46. The highest BCUT2D eigenvalue weighted by Gasteiger charge is 2.27. The Hall–Kier alpha value is -2.48. The Morgan fingerprint density at radius 2 is 2.26 bits per heavy atom. The maximum Gasteiger partial charge on any atom is 0.255 e. The van der Waals surface area contributed by atoms with E-state index in [-0.39, 0.29) is 17.7 Å². The summed E-state index contributed by atoms with van der Waals surface area (Å²) in [6.07, 6.45) is 4.28. The molecule has 7 nitrogen and oxygen atoms in total. The zero-order chi connectivity index (χ0) is 19.2. The number of nitrogens with one attached hydrogen (secondary N) is 1. The van der Waals surface area contributed by atoms with Crippen LogP contribution in [0.15, 0.2) is 23.7 Å². The van der Waals surface area contributed by atoms with Gasteiger partial charge in [-0.15, -0.1) is 11.3 Å². The molecule has 2 aromatic heterocycles. The Bertz CT molecular complexity index is 791. The average Bonchev–Trinajstić information content (AvgIpc) is 3.16. The van der Waals surface area contributed by atoms with Crippen LogP contribution in [0, 0.1) is 0 Å². The molecule has 3 rings (SSSR count). The summed E-state index contributed by atoms with van der Waals surface area (Å²) in [5.41, 5.74) is 1.57. The molecule has 0 bridgehead atoms. The maximum absolute atomic E-state index is 12.8. The molecule has 1 atom stereocenters. The van der Waals surface area contributed by atoms with Crippen LogP contribution in [0.2, 0.25) is 0 Å². The van der Waals surface area contributed by atoms with Crippen molar-refractivity contribution in [2.24, 2.45) is 0 Å². The molecule has 0 radical (unpaired) electrons. The van der Waals surface area contributed by atoms with E-state index in [1.54, 1.807) is 36.8 Å². The fraction of sp³-hybridized carbons (Fsp3) is 0.474. The van der Waals surface area contributed by atoms with Gasteiger partial charge in [0.1, 0.15) is 0 Å². The van der Waals surface area contributed by atoms with E-state index in [4.69, 9.17) is 9.72 Å². The molecule has 0 aromatic carbocycles. The summed E-state index contributed by atoms with van der Waals surface area (Å²) in [7, 11) is 1.55. The third kappa shape index (κ3) is 5.03. The zero-order valence-corrected chi connectivity index (χ0v) is 16.4. The molecule has 1 unspecified atom stereocenters. The summed E-state index contributed by atoms with van der Waals surface area (Å²) < 4.78 is 5.05. The van der Waals surface area contributed by atoms with Gasteiger partial charge in [0.15, 0.2) is 0 Å². The first kappa shape index (κ1) is 19.3. The lowest BCUT2D eigenvalue weighted by atomic mass is 9.98. The van der Waals surface area contributed by atoms with Crippen LogP contribution in [0.4, 0.5) is 0 Å². The molecule has 1 saturated heterocycles. The molecule has 0 spiro atoms. The SMILES string of the molecule is COc1ccc(C(=O)N2CCCC(c3nc(CCNC(C)=O)cs3)C2)cn1. The Balaban J connectivity index is 1.61. The average molecular weight is 388 g/mol. The molecule has 8 heteroatoms. The predicted molar refractivity (Wildman–Crippen MR) is 103 cm³/mol. The molecule has 1 aliphatic rings. The second kappa shape index (κ2) is 8.94. The molecular weight excluding hydrogens is 364 g/mol. The fourth-order valence-electron chi connectivity index (χ4n) is 3.16. The van der Waals surface area contributed by atoms with E-state index >= 15 is 0 Å². The number of likely N-dealkylation sites (tertiary alicyclic amines) is 1. The highest BCUT2D eigenvalue weighted by molar-refractivity contribution is 7.09. The number of carbonyl (C=O) groups excluding carboxylic acids is 2. The third-order valence-corrected chi connectivity index (χ3v) is 5.63. The van der Waals surface area contributed by atoms with Gasteiger partial charge in [-0.1, -0.05) is 0 Å². The number of thiazole rings is 1. The van der Waals surface area contributed by atoms with Crippen molar-refractivity contribution >= 4 is 23.2 Å². The van der Waals surface area contributed by atoms with Crippen LogP contribution in [0.5, 0.6) is 5.88 Å². The number of rotatable bonds is 6. The number of methoxy groups -OCH3 is 1. The van der Waals surface area contributed by atoms with Crippen LogP contribution < -0.4 is 10.1 Å². The van der Waals surface area contributed by atoms with E-state index in [1.807, 2.05) is 10.3 Å². The van der Waals surface area contributed by atoms with E-state index in [1.165, 1.54) is 6.92 Å². The van der Waals surface area contributed by atoms with Gasteiger partial charge in [0.25, 0.3) is 5.91 Å². The van der Waals surface area contributed by atoms with Crippen LogP contribution in [0.3, 0.4) is 0 Å². The number of amides is 2. The Morgan fingerprint density at radius 3 is 2.96 bits per heavy atom. The molecule has 3 heterocycles. The van der Waals surface area contributed by atoms with Gasteiger partial charge >= 0.3 is 0 Å². The van der Waals surface area contributed by atoms with Gasteiger partial charge in [-0.05, 0) is 18.9 Å². The first-order valence-electron chi connectivity index (χ1n) is 9.05. The number of aromatic nitrogens is 2. The van der Waals surface area contributed by atoms with Crippen LogP contribution in [0.25, 0.3) is 0 Å². The Morgan fingerprint density at radius 1 is 1.41 bits per heavy atom. The minimum absolute atomic E-state index is 0.00251. The molecule has 1 fully saturated rings. The lowest BCUT2D eigenvalue weighted by Gasteiger charge is -2.31. The molecule has 0 aliphatic carbocycles. The van der Waals surface area contributed by atoms with Crippen molar-refractivity contribution in [3.63, 3.8) is 0 Å². The summed E-state index contributed by atoms with van der Waals surface area (Å²) in [5.74, 6) is 0.725. The van der Waals surface area contributed by atoms with Gasteiger partial charge in [-0.2, -0.15) is 0 Å². The normalized spacial score (nSPS) is 16.8. The minimum atomic E-state index is -0.0279. The number of carbonyl (C=O) groups is 2. The van der Waals surface area contributed by atoms with E-state index in [0.717, 1.165) is 36.5 Å². The second-order valence-electron chi connectivity index (χ2n) is 6.59. The molecule has 1 aliphatic heterocycles. The van der Waals surface area contributed by atoms with Gasteiger partial charge < -0.3 is 15.0 Å². The summed E-state index contributed by atoms with van der Waals surface area (Å²) >= 11 is 1.64. The monoisotopic (exact) mass is 388 g/mol. The molecule has 2 aromatic rings. The van der Waals surface area contributed by atoms with E-state index in [9.17, 15) is 9.59 Å². The number of hydrogen-bond acceptors (Lipinski definition) is 6. The van der Waals surface area contributed by atoms with Crippen LogP contribution in [-0.2, 0) is 11.2 Å². The number of ether oxygens (including phenoxy) is 1. The number of nitrogens with zero attached hydrogens (tertiary/aromatic N) is 3. The molecule has 2 amide bonds. The second-order valence-corrected chi connectivity index (χ2v) is 7.48. The third-order valence-electron chi connectivity index (χ3n) is 4.57. The minimum Gasteiger partial charge on any atom is -0.481 e. The largest absolute Gasteiger partial charge is 0.481 e. The maximum atomic E-state index is 12.8. The van der Waals surface area contributed by atoms with Crippen molar-refractivity contribution in [2.45, 2.75) is 32.1 Å². The summed E-state index contributed by atoms with van der Waals surface area (Å²) in [6.45, 7) is 3.53. The van der Waals surface area contributed by atoms with Gasteiger partial charge in [0.2, 0.25) is 11.8 Å². The molecule has 144 valence electrons. The topological polar surface area (TPSA) is 84.4 Å². The van der Waals surface area contributed by atoms with Crippen molar-refractivity contribution < 1.29 is 14.3 Å². The quantitative estimate of drug-likeness (QED) is 0.820.